The van der Waals surface area contributed by atoms with Crippen molar-refractivity contribution >= 4 is 5.69 Å². The Bertz CT molecular complexity index is 336. The second-order valence-electron chi connectivity index (χ2n) is 4.99. The van der Waals surface area contributed by atoms with Gasteiger partial charge in [-0.3, -0.25) is 4.90 Å². The summed E-state index contributed by atoms with van der Waals surface area (Å²) in [6, 6.07) is 12.1. The lowest BCUT2D eigenvalue weighted by Gasteiger charge is -2.46. The largest absolute Gasteiger partial charge is 0.366 e. The summed E-state index contributed by atoms with van der Waals surface area (Å²) in [7, 11) is 0. The molecule has 0 radical (unpaired) electrons. The highest BCUT2D eigenvalue weighted by molar-refractivity contribution is 5.47. The van der Waals surface area contributed by atoms with E-state index in [1.807, 2.05) is 0 Å². The van der Waals surface area contributed by atoms with Crippen LogP contribution in [-0.4, -0.2) is 36.6 Å². The molecule has 0 spiro atoms. The maximum atomic E-state index is 2.62. The van der Waals surface area contributed by atoms with E-state index in [2.05, 4.69) is 60.9 Å². The zero-order valence-corrected chi connectivity index (χ0v) is 11.3. The Balaban J connectivity index is 2.14. The Morgan fingerprint density at radius 3 is 2.41 bits per heavy atom. The van der Waals surface area contributed by atoms with Crippen LogP contribution in [-0.2, 0) is 0 Å². The Labute approximate surface area is 105 Å². The minimum absolute atomic E-state index is 0.611. The zero-order chi connectivity index (χ0) is 12.3. The highest BCUT2D eigenvalue weighted by Crippen LogP contribution is 2.23. The molecule has 2 rings (SSSR count). The summed E-state index contributed by atoms with van der Waals surface area (Å²) >= 11 is 0. The van der Waals surface area contributed by atoms with Crippen molar-refractivity contribution in [3.63, 3.8) is 0 Å². The van der Waals surface area contributed by atoms with Crippen LogP contribution in [0, 0.1) is 0 Å². The third-order valence-corrected chi connectivity index (χ3v) is 3.92. The molecule has 1 aliphatic rings. The number of likely N-dealkylation sites (N-methyl/N-ethyl adjacent to an activating group) is 1. The molecule has 2 unspecified atom stereocenters. The normalized spacial score (nSPS) is 26.2. The average Bonchev–Trinajstić information content (AvgIpc) is 2.39. The zero-order valence-electron chi connectivity index (χ0n) is 11.3. The van der Waals surface area contributed by atoms with Gasteiger partial charge in [-0.2, -0.15) is 0 Å². The van der Waals surface area contributed by atoms with Crippen molar-refractivity contribution in [2.75, 3.05) is 24.5 Å². The molecule has 1 aromatic carbocycles. The van der Waals surface area contributed by atoms with Crippen LogP contribution in [0.4, 0.5) is 5.69 Å². The molecule has 1 heterocycles. The molecule has 0 N–H and O–H groups in total. The molecule has 1 saturated heterocycles. The summed E-state index contributed by atoms with van der Waals surface area (Å²) in [6.07, 6.45) is 1.24. The summed E-state index contributed by atoms with van der Waals surface area (Å²) in [5.74, 6) is 0. The molecule has 2 nitrogen and oxygen atoms in total. The molecule has 0 bridgehead atoms. The van der Waals surface area contributed by atoms with Gasteiger partial charge in [0.2, 0.25) is 0 Å². The van der Waals surface area contributed by atoms with Crippen LogP contribution in [0.25, 0.3) is 0 Å². The van der Waals surface area contributed by atoms with Crippen LogP contribution in [0.1, 0.15) is 27.2 Å². The van der Waals surface area contributed by atoms with Gasteiger partial charge in [0.25, 0.3) is 0 Å². The SMILES string of the molecule is CCC1CN(c2ccccc2)C(C)CN1CC. The summed E-state index contributed by atoms with van der Waals surface area (Å²) in [6.45, 7) is 10.4. The Hall–Kier alpha value is -1.02. The van der Waals surface area contributed by atoms with Crippen molar-refractivity contribution in [1.82, 2.24) is 4.90 Å². The molecule has 0 amide bonds. The van der Waals surface area contributed by atoms with Gasteiger partial charge in [-0.15, -0.1) is 0 Å². The van der Waals surface area contributed by atoms with Crippen LogP contribution in [0.15, 0.2) is 30.3 Å². The summed E-state index contributed by atoms with van der Waals surface area (Å²) in [4.78, 5) is 5.17. The van der Waals surface area contributed by atoms with Crippen molar-refractivity contribution in [3.8, 4) is 0 Å². The number of hydrogen-bond acceptors (Lipinski definition) is 2. The van der Waals surface area contributed by atoms with E-state index in [4.69, 9.17) is 0 Å². The van der Waals surface area contributed by atoms with Gasteiger partial charge in [-0.05, 0) is 32.0 Å². The first-order valence-corrected chi connectivity index (χ1v) is 6.82. The van der Waals surface area contributed by atoms with Crippen LogP contribution >= 0.6 is 0 Å². The molecule has 17 heavy (non-hydrogen) atoms. The fraction of sp³-hybridized carbons (Fsp3) is 0.600. The summed E-state index contributed by atoms with van der Waals surface area (Å²) in [5.41, 5.74) is 1.37. The Kier molecular flexibility index (Phi) is 4.06. The molecule has 0 aromatic heterocycles. The molecule has 1 aromatic rings. The lowest BCUT2D eigenvalue weighted by molar-refractivity contribution is 0.158. The van der Waals surface area contributed by atoms with E-state index in [1.165, 1.54) is 25.2 Å². The molecule has 2 heteroatoms. The van der Waals surface area contributed by atoms with E-state index in [1.54, 1.807) is 0 Å². The molecule has 1 fully saturated rings. The van der Waals surface area contributed by atoms with Crippen molar-refractivity contribution < 1.29 is 0 Å². The number of hydrogen-bond donors (Lipinski definition) is 0. The molecule has 0 saturated carbocycles. The maximum absolute atomic E-state index is 2.62. The predicted molar refractivity (Wildman–Crippen MR) is 74.6 cm³/mol. The average molecular weight is 232 g/mol. The number of nitrogens with zero attached hydrogens (tertiary/aromatic N) is 2. The van der Waals surface area contributed by atoms with E-state index >= 15 is 0 Å². The van der Waals surface area contributed by atoms with Crippen molar-refractivity contribution in [2.24, 2.45) is 0 Å². The van der Waals surface area contributed by atoms with Crippen LogP contribution in [0.3, 0.4) is 0 Å². The molecule has 0 aliphatic carbocycles. The lowest BCUT2D eigenvalue weighted by Crippen LogP contribution is -2.57. The highest BCUT2D eigenvalue weighted by atomic mass is 15.3. The highest BCUT2D eigenvalue weighted by Gasteiger charge is 2.29. The maximum Gasteiger partial charge on any atom is 0.0389 e. The quantitative estimate of drug-likeness (QED) is 0.790. The molecular weight excluding hydrogens is 208 g/mol. The van der Waals surface area contributed by atoms with Gasteiger partial charge in [-0.1, -0.05) is 32.0 Å². The number of para-hydroxylation sites is 1. The van der Waals surface area contributed by atoms with E-state index in [0.717, 1.165) is 6.54 Å². The van der Waals surface area contributed by atoms with Crippen molar-refractivity contribution in [3.05, 3.63) is 30.3 Å². The fourth-order valence-corrected chi connectivity index (χ4v) is 2.86. The van der Waals surface area contributed by atoms with E-state index < -0.39 is 0 Å². The molecule has 2 atom stereocenters. The predicted octanol–water partition coefficient (Wildman–Crippen LogP) is 3.00. The van der Waals surface area contributed by atoms with Crippen LogP contribution in [0.2, 0.25) is 0 Å². The smallest absolute Gasteiger partial charge is 0.0389 e. The van der Waals surface area contributed by atoms with Crippen molar-refractivity contribution in [2.45, 2.75) is 39.3 Å². The number of anilines is 1. The monoisotopic (exact) mass is 232 g/mol. The second kappa shape index (κ2) is 5.54. The Morgan fingerprint density at radius 1 is 1.12 bits per heavy atom. The van der Waals surface area contributed by atoms with Gasteiger partial charge in [0.1, 0.15) is 0 Å². The van der Waals surface area contributed by atoms with E-state index in [9.17, 15) is 0 Å². The summed E-state index contributed by atoms with van der Waals surface area (Å²) < 4.78 is 0. The van der Waals surface area contributed by atoms with Crippen LogP contribution < -0.4 is 4.90 Å². The minimum Gasteiger partial charge on any atom is -0.366 e. The topological polar surface area (TPSA) is 6.48 Å². The van der Waals surface area contributed by atoms with Gasteiger partial charge in [0.05, 0.1) is 0 Å². The first-order chi connectivity index (χ1) is 8.26. The fourth-order valence-electron chi connectivity index (χ4n) is 2.86. The summed E-state index contributed by atoms with van der Waals surface area (Å²) in [5, 5.41) is 0. The number of rotatable bonds is 3. The van der Waals surface area contributed by atoms with Gasteiger partial charge < -0.3 is 4.90 Å². The van der Waals surface area contributed by atoms with Gasteiger partial charge in [0, 0.05) is 30.9 Å². The lowest BCUT2D eigenvalue weighted by atomic mass is 10.0. The minimum atomic E-state index is 0.611. The van der Waals surface area contributed by atoms with E-state index in [0.29, 0.717) is 12.1 Å². The third-order valence-electron chi connectivity index (χ3n) is 3.92. The van der Waals surface area contributed by atoms with Gasteiger partial charge in [-0.25, -0.2) is 0 Å². The van der Waals surface area contributed by atoms with Crippen LogP contribution in [0.5, 0.6) is 0 Å². The Morgan fingerprint density at radius 2 is 1.82 bits per heavy atom. The standard InChI is InChI=1S/C15H24N2/c1-4-14-12-17(13(3)11-16(14)5-2)15-9-7-6-8-10-15/h6-10,13-14H,4-5,11-12H2,1-3H3. The third kappa shape index (κ3) is 2.63. The number of benzene rings is 1. The molecular formula is C15H24N2. The molecule has 94 valence electrons. The first kappa shape index (κ1) is 12.4. The van der Waals surface area contributed by atoms with Crippen molar-refractivity contribution in [1.29, 1.82) is 0 Å². The van der Waals surface area contributed by atoms with E-state index in [-0.39, 0.29) is 0 Å². The molecule has 1 aliphatic heterocycles. The van der Waals surface area contributed by atoms with Gasteiger partial charge in [0.15, 0.2) is 0 Å². The number of piperazine rings is 1. The first-order valence-electron chi connectivity index (χ1n) is 6.82. The second-order valence-corrected chi connectivity index (χ2v) is 4.99. The van der Waals surface area contributed by atoms with Gasteiger partial charge >= 0.3 is 0 Å².